The van der Waals surface area contributed by atoms with E-state index in [2.05, 4.69) is 11.6 Å². The number of carbonyl (C=O) groups is 2. The van der Waals surface area contributed by atoms with Crippen LogP contribution in [0.4, 0.5) is 0 Å². The number of amides is 1. The van der Waals surface area contributed by atoms with Crippen LogP contribution in [0.1, 0.15) is 45.0 Å². The van der Waals surface area contributed by atoms with Crippen LogP contribution >= 0.6 is 23.1 Å². The van der Waals surface area contributed by atoms with Gasteiger partial charge in [0, 0.05) is 11.3 Å². The van der Waals surface area contributed by atoms with Crippen LogP contribution in [0.5, 0.6) is 0 Å². The van der Waals surface area contributed by atoms with Crippen molar-refractivity contribution in [1.82, 2.24) is 5.32 Å². The Labute approximate surface area is 120 Å². The Morgan fingerprint density at radius 3 is 2.53 bits per heavy atom. The normalized spacial score (nSPS) is 17.3. The minimum absolute atomic E-state index is 0.169. The van der Waals surface area contributed by atoms with Gasteiger partial charge in [-0.2, -0.15) is 11.8 Å². The van der Waals surface area contributed by atoms with Crippen LogP contribution in [0.3, 0.4) is 0 Å². The fraction of sp³-hybridized carbons (Fsp3) is 0.538. The summed E-state index contributed by atoms with van der Waals surface area (Å²) in [6.45, 7) is 0.660. The van der Waals surface area contributed by atoms with E-state index in [1.807, 2.05) is 11.8 Å². The number of aromatic carboxylic acids is 1. The topological polar surface area (TPSA) is 66.4 Å². The molecule has 0 spiro atoms. The minimum atomic E-state index is -0.986. The molecule has 1 aromatic heterocycles. The van der Waals surface area contributed by atoms with Crippen LogP contribution < -0.4 is 5.32 Å². The van der Waals surface area contributed by atoms with Crippen molar-refractivity contribution in [3.05, 3.63) is 21.9 Å². The summed E-state index contributed by atoms with van der Waals surface area (Å²) in [5.74, 6) is -1.15. The fourth-order valence-electron chi connectivity index (χ4n) is 2.38. The van der Waals surface area contributed by atoms with Crippen LogP contribution in [-0.4, -0.2) is 34.5 Å². The SMILES string of the molecule is CSC1(CNC(=O)c2ccc(C(=O)O)s2)CCCC1. The van der Waals surface area contributed by atoms with Gasteiger partial charge in [-0.3, -0.25) is 4.79 Å². The van der Waals surface area contributed by atoms with E-state index in [1.54, 1.807) is 6.07 Å². The van der Waals surface area contributed by atoms with Crippen molar-refractivity contribution >= 4 is 35.0 Å². The summed E-state index contributed by atoms with van der Waals surface area (Å²) < 4.78 is 0.169. The van der Waals surface area contributed by atoms with E-state index in [9.17, 15) is 9.59 Å². The van der Waals surface area contributed by atoms with Gasteiger partial charge in [-0.15, -0.1) is 11.3 Å². The second-order valence-corrected chi connectivity index (χ2v) is 7.10. The molecule has 2 rings (SSSR count). The third-order valence-electron chi connectivity index (χ3n) is 3.56. The van der Waals surface area contributed by atoms with Crippen molar-refractivity contribution in [2.24, 2.45) is 0 Å². The number of carboxylic acid groups (broad SMARTS) is 1. The average molecular weight is 299 g/mol. The zero-order valence-electron chi connectivity index (χ0n) is 10.8. The number of carboxylic acids is 1. The molecule has 1 amide bonds. The summed E-state index contributed by atoms with van der Waals surface area (Å²) >= 11 is 2.84. The Balaban J connectivity index is 1.95. The molecule has 1 heterocycles. The molecule has 0 saturated heterocycles. The van der Waals surface area contributed by atoms with Crippen molar-refractivity contribution in [2.75, 3.05) is 12.8 Å². The highest BCUT2D eigenvalue weighted by atomic mass is 32.2. The van der Waals surface area contributed by atoms with E-state index in [-0.39, 0.29) is 15.5 Å². The third kappa shape index (κ3) is 3.30. The quantitative estimate of drug-likeness (QED) is 0.877. The maximum atomic E-state index is 12.0. The molecule has 104 valence electrons. The first kappa shape index (κ1) is 14.4. The van der Waals surface area contributed by atoms with E-state index < -0.39 is 5.97 Å². The van der Waals surface area contributed by atoms with E-state index in [4.69, 9.17) is 5.11 Å². The molecule has 0 radical (unpaired) electrons. The summed E-state index contributed by atoms with van der Waals surface area (Å²) in [5.41, 5.74) is 0. The van der Waals surface area contributed by atoms with Crippen LogP contribution in [0.25, 0.3) is 0 Å². The Hall–Kier alpha value is -1.01. The van der Waals surface area contributed by atoms with Crippen molar-refractivity contribution in [2.45, 2.75) is 30.4 Å². The molecule has 1 fully saturated rings. The zero-order chi connectivity index (χ0) is 13.9. The monoisotopic (exact) mass is 299 g/mol. The van der Waals surface area contributed by atoms with E-state index >= 15 is 0 Å². The summed E-state index contributed by atoms with van der Waals surface area (Å²) in [4.78, 5) is 23.4. The molecule has 1 aliphatic rings. The average Bonchev–Trinajstić information content (AvgIpc) is 3.06. The second-order valence-electron chi connectivity index (χ2n) is 4.75. The van der Waals surface area contributed by atoms with Gasteiger partial charge in [0.25, 0.3) is 5.91 Å². The second kappa shape index (κ2) is 5.96. The summed E-state index contributed by atoms with van der Waals surface area (Å²) in [6, 6.07) is 3.05. The van der Waals surface area contributed by atoms with Gasteiger partial charge in [0.15, 0.2) is 0 Å². The minimum Gasteiger partial charge on any atom is -0.477 e. The number of hydrogen-bond donors (Lipinski definition) is 2. The van der Waals surface area contributed by atoms with E-state index in [1.165, 1.54) is 18.9 Å². The molecular weight excluding hydrogens is 282 g/mol. The molecule has 19 heavy (non-hydrogen) atoms. The lowest BCUT2D eigenvalue weighted by atomic mass is 10.1. The predicted molar refractivity (Wildman–Crippen MR) is 78.3 cm³/mol. The van der Waals surface area contributed by atoms with Crippen LogP contribution in [-0.2, 0) is 0 Å². The lowest BCUT2D eigenvalue weighted by Crippen LogP contribution is -2.38. The first-order valence-corrected chi connectivity index (χ1v) is 8.27. The number of carbonyl (C=O) groups excluding carboxylic acids is 1. The number of hydrogen-bond acceptors (Lipinski definition) is 4. The van der Waals surface area contributed by atoms with Gasteiger partial charge in [-0.1, -0.05) is 12.8 Å². The van der Waals surface area contributed by atoms with Crippen molar-refractivity contribution in [1.29, 1.82) is 0 Å². The Morgan fingerprint density at radius 1 is 1.37 bits per heavy atom. The summed E-state index contributed by atoms with van der Waals surface area (Å²) in [5, 5.41) is 11.8. The van der Waals surface area contributed by atoms with E-state index in [0.29, 0.717) is 11.4 Å². The molecule has 6 heteroatoms. The number of thioether (sulfide) groups is 1. The molecule has 2 N–H and O–H groups in total. The van der Waals surface area contributed by atoms with Gasteiger partial charge in [0.05, 0.1) is 4.88 Å². The predicted octanol–water partition coefficient (Wildman–Crippen LogP) is 2.85. The van der Waals surface area contributed by atoms with Gasteiger partial charge < -0.3 is 10.4 Å². The van der Waals surface area contributed by atoms with Crippen LogP contribution in [0.15, 0.2) is 12.1 Å². The highest BCUT2D eigenvalue weighted by Gasteiger charge is 2.33. The number of nitrogens with one attached hydrogen (secondary N) is 1. The van der Waals surface area contributed by atoms with Crippen LogP contribution in [0, 0.1) is 0 Å². The highest BCUT2D eigenvalue weighted by molar-refractivity contribution is 8.00. The van der Waals surface area contributed by atoms with Crippen LogP contribution in [0.2, 0.25) is 0 Å². The molecule has 0 aliphatic heterocycles. The first-order valence-electron chi connectivity index (χ1n) is 6.23. The van der Waals surface area contributed by atoms with Gasteiger partial charge in [0.2, 0.25) is 0 Å². The Kier molecular flexibility index (Phi) is 4.52. The molecule has 1 saturated carbocycles. The molecule has 4 nitrogen and oxygen atoms in total. The third-order valence-corrected chi connectivity index (χ3v) is 6.05. The van der Waals surface area contributed by atoms with E-state index in [0.717, 1.165) is 24.2 Å². The molecule has 1 aliphatic carbocycles. The van der Waals surface area contributed by atoms with Gasteiger partial charge in [-0.05, 0) is 31.2 Å². The zero-order valence-corrected chi connectivity index (χ0v) is 12.4. The molecule has 0 unspecified atom stereocenters. The largest absolute Gasteiger partial charge is 0.477 e. The molecule has 0 bridgehead atoms. The molecule has 0 atom stereocenters. The standard InChI is InChI=1S/C13H17NO3S2/c1-18-13(6-2-3-7-13)8-14-11(15)9-4-5-10(19-9)12(16)17/h4-5H,2-3,6-8H2,1H3,(H,14,15)(H,16,17). The lowest BCUT2D eigenvalue weighted by Gasteiger charge is -2.26. The maximum Gasteiger partial charge on any atom is 0.345 e. The summed E-state index contributed by atoms with van der Waals surface area (Å²) in [7, 11) is 0. The Morgan fingerprint density at radius 2 is 2.00 bits per heavy atom. The van der Waals surface area contributed by atoms with Crippen molar-refractivity contribution in [3.8, 4) is 0 Å². The number of rotatable bonds is 5. The smallest absolute Gasteiger partial charge is 0.345 e. The van der Waals surface area contributed by atoms with Gasteiger partial charge in [0.1, 0.15) is 4.88 Å². The Bertz CT molecular complexity index is 478. The van der Waals surface area contributed by atoms with Gasteiger partial charge in [-0.25, -0.2) is 4.79 Å². The van der Waals surface area contributed by atoms with Crippen molar-refractivity contribution in [3.63, 3.8) is 0 Å². The highest BCUT2D eigenvalue weighted by Crippen LogP contribution is 2.39. The molecule has 1 aromatic rings. The first-order chi connectivity index (χ1) is 9.06. The maximum absolute atomic E-state index is 12.0. The van der Waals surface area contributed by atoms with Gasteiger partial charge >= 0.3 is 5.97 Å². The molecular formula is C13H17NO3S2. The lowest BCUT2D eigenvalue weighted by molar-refractivity contribution is 0.0702. The molecule has 0 aromatic carbocycles. The van der Waals surface area contributed by atoms with Crippen molar-refractivity contribution < 1.29 is 14.7 Å². The fourth-order valence-corrected chi connectivity index (χ4v) is 4.05. The number of thiophene rings is 1. The summed E-state index contributed by atoms with van der Waals surface area (Å²) in [6.07, 6.45) is 6.81.